The molecule has 2 aromatic carbocycles. The average Bonchev–Trinajstić information content (AvgIpc) is 3.11. The van der Waals surface area contributed by atoms with Crippen molar-refractivity contribution in [2.75, 3.05) is 6.61 Å². The third kappa shape index (κ3) is 3.40. The molecule has 0 atom stereocenters. The van der Waals surface area contributed by atoms with Crippen LogP contribution in [0, 0.1) is 0 Å². The molecule has 0 amide bonds. The molecule has 0 spiro atoms. The van der Waals surface area contributed by atoms with E-state index in [1.54, 1.807) is 0 Å². The molecule has 1 aromatic heterocycles. The topological polar surface area (TPSA) is 39.1 Å². The van der Waals surface area contributed by atoms with Gasteiger partial charge >= 0.3 is 0 Å². The lowest BCUT2D eigenvalue weighted by molar-refractivity contribution is 0.110. The molecule has 4 nitrogen and oxygen atoms in total. The monoisotopic (exact) mass is 319 g/mol. The maximum atomic E-state index is 5.49. The maximum absolute atomic E-state index is 5.49. The Hall–Kier alpha value is -2.43. The Morgan fingerprint density at radius 2 is 1.88 bits per heavy atom. The molecule has 0 saturated heterocycles. The molecule has 0 aliphatic carbocycles. The molecular formula is C20H21N3O. The second-order valence-electron chi connectivity index (χ2n) is 6.14. The maximum Gasteiger partial charge on any atom is 0.0719 e. The second-order valence-corrected chi connectivity index (χ2v) is 6.14. The zero-order valence-corrected chi connectivity index (χ0v) is 13.6. The van der Waals surface area contributed by atoms with Crippen LogP contribution in [0.3, 0.4) is 0 Å². The lowest BCUT2D eigenvalue weighted by Gasteiger charge is -2.17. The third-order valence-corrected chi connectivity index (χ3v) is 4.36. The normalized spacial score (nSPS) is 13.7. The molecule has 1 N–H and O–H groups in total. The van der Waals surface area contributed by atoms with Crippen LogP contribution in [0.15, 0.2) is 60.9 Å². The van der Waals surface area contributed by atoms with Crippen molar-refractivity contribution in [3.8, 4) is 5.69 Å². The zero-order valence-electron chi connectivity index (χ0n) is 13.6. The summed E-state index contributed by atoms with van der Waals surface area (Å²) in [4.78, 5) is 0. The van der Waals surface area contributed by atoms with Crippen molar-refractivity contribution in [1.82, 2.24) is 15.1 Å². The minimum absolute atomic E-state index is 0.752. The van der Waals surface area contributed by atoms with Gasteiger partial charge in [0.15, 0.2) is 0 Å². The van der Waals surface area contributed by atoms with E-state index < -0.39 is 0 Å². The molecule has 0 unspecified atom stereocenters. The van der Waals surface area contributed by atoms with Crippen LogP contribution in [0.1, 0.15) is 22.3 Å². The first-order chi connectivity index (χ1) is 11.9. The van der Waals surface area contributed by atoms with Crippen molar-refractivity contribution in [2.45, 2.75) is 26.1 Å². The van der Waals surface area contributed by atoms with E-state index in [0.29, 0.717) is 0 Å². The molecule has 1 aliphatic heterocycles. The van der Waals surface area contributed by atoms with Crippen molar-refractivity contribution in [1.29, 1.82) is 0 Å². The zero-order chi connectivity index (χ0) is 16.2. The van der Waals surface area contributed by atoms with Crippen molar-refractivity contribution in [2.24, 2.45) is 0 Å². The van der Waals surface area contributed by atoms with E-state index >= 15 is 0 Å². The van der Waals surface area contributed by atoms with Crippen LogP contribution in [0.4, 0.5) is 0 Å². The number of hydrogen-bond donors (Lipinski definition) is 1. The standard InChI is InChI=1S/C20H21N3O/c1-2-4-20(5-3-1)23-14-17(13-22-23)12-21-11-16-6-7-19-15-24-9-8-18(19)10-16/h1-7,10,13-14,21H,8-9,11-12,15H2. The predicted octanol–water partition coefficient (Wildman–Crippen LogP) is 3.23. The Kier molecular flexibility index (Phi) is 4.40. The van der Waals surface area contributed by atoms with E-state index in [-0.39, 0.29) is 0 Å². The average molecular weight is 319 g/mol. The molecule has 0 bridgehead atoms. The molecule has 3 aromatic rings. The van der Waals surface area contributed by atoms with Gasteiger partial charge in [-0.2, -0.15) is 5.10 Å². The van der Waals surface area contributed by atoms with Crippen molar-refractivity contribution < 1.29 is 4.74 Å². The largest absolute Gasteiger partial charge is 0.376 e. The summed E-state index contributed by atoms with van der Waals surface area (Å²) in [5, 5.41) is 7.94. The summed E-state index contributed by atoms with van der Waals surface area (Å²) in [6.45, 7) is 3.27. The molecule has 0 saturated carbocycles. The van der Waals surface area contributed by atoms with E-state index in [9.17, 15) is 0 Å². The van der Waals surface area contributed by atoms with Gasteiger partial charge in [-0.15, -0.1) is 0 Å². The Morgan fingerprint density at radius 1 is 1.00 bits per heavy atom. The van der Waals surface area contributed by atoms with E-state index in [0.717, 1.165) is 38.4 Å². The van der Waals surface area contributed by atoms with Gasteiger partial charge in [-0.25, -0.2) is 4.68 Å². The number of para-hydroxylation sites is 1. The van der Waals surface area contributed by atoms with E-state index in [4.69, 9.17) is 4.74 Å². The summed E-state index contributed by atoms with van der Waals surface area (Å²) in [5.41, 5.74) is 6.35. The van der Waals surface area contributed by atoms with E-state index in [2.05, 4.69) is 46.9 Å². The number of fused-ring (bicyclic) bond motifs is 1. The van der Waals surface area contributed by atoms with Crippen LogP contribution in [0.25, 0.3) is 5.69 Å². The van der Waals surface area contributed by atoms with Crippen LogP contribution in [0.5, 0.6) is 0 Å². The fourth-order valence-electron chi connectivity index (χ4n) is 3.05. The highest BCUT2D eigenvalue weighted by Crippen LogP contribution is 2.18. The molecule has 4 rings (SSSR count). The van der Waals surface area contributed by atoms with Gasteiger partial charge in [0.1, 0.15) is 0 Å². The fraction of sp³-hybridized carbons (Fsp3) is 0.250. The number of aromatic nitrogens is 2. The summed E-state index contributed by atoms with van der Waals surface area (Å²) in [6, 6.07) is 16.9. The summed E-state index contributed by atoms with van der Waals surface area (Å²) < 4.78 is 7.40. The van der Waals surface area contributed by atoms with Gasteiger partial charge in [-0.3, -0.25) is 0 Å². The molecule has 4 heteroatoms. The van der Waals surface area contributed by atoms with Crippen LogP contribution in [-0.2, 0) is 30.9 Å². The van der Waals surface area contributed by atoms with Crippen LogP contribution in [-0.4, -0.2) is 16.4 Å². The molecular weight excluding hydrogens is 298 g/mol. The third-order valence-electron chi connectivity index (χ3n) is 4.36. The Labute approximate surface area is 142 Å². The fourth-order valence-corrected chi connectivity index (χ4v) is 3.05. The first kappa shape index (κ1) is 15.1. The van der Waals surface area contributed by atoms with Gasteiger partial charge in [0.25, 0.3) is 0 Å². The van der Waals surface area contributed by atoms with Gasteiger partial charge in [0.2, 0.25) is 0 Å². The van der Waals surface area contributed by atoms with Crippen LogP contribution < -0.4 is 5.32 Å². The minimum atomic E-state index is 0.752. The molecule has 0 fully saturated rings. The van der Waals surface area contributed by atoms with Crippen LogP contribution >= 0.6 is 0 Å². The molecule has 0 radical (unpaired) electrons. The number of benzene rings is 2. The number of nitrogens with one attached hydrogen (secondary N) is 1. The van der Waals surface area contributed by atoms with Gasteiger partial charge in [0, 0.05) is 24.8 Å². The molecule has 122 valence electrons. The Morgan fingerprint density at radius 3 is 2.79 bits per heavy atom. The summed E-state index contributed by atoms with van der Waals surface area (Å²) in [5.74, 6) is 0. The Balaban J connectivity index is 1.35. The van der Waals surface area contributed by atoms with E-state index in [1.165, 1.54) is 22.3 Å². The summed E-state index contributed by atoms with van der Waals surface area (Å²) in [7, 11) is 0. The summed E-state index contributed by atoms with van der Waals surface area (Å²) >= 11 is 0. The van der Waals surface area contributed by atoms with Crippen LogP contribution in [0.2, 0.25) is 0 Å². The van der Waals surface area contributed by atoms with Gasteiger partial charge in [-0.1, -0.05) is 36.4 Å². The van der Waals surface area contributed by atoms with Gasteiger partial charge < -0.3 is 10.1 Å². The smallest absolute Gasteiger partial charge is 0.0719 e. The van der Waals surface area contributed by atoms with Crippen molar-refractivity contribution in [3.63, 3.8) is 0 Å². The first-order valence-electron chi connectivity index (χ1n) is 8.36. The Bertz CT molecular complexity index is 811. The number of ether oxygens (including phenoxy) is 1. The number of nitrogens with zero attached hydrogens (tertiary/aromatic N) is 2. The van der Waals surface area contributed by atoms with E-state index in [1.807, 2.05) is 29.1 Å². The number of rotatable bonds is 5. The molecule has 1 aliphatic rings. The minimum Gasteiger partial charge on any atom is -0.376 e. The van der Waals surface area contributed by atoms with Crippen molar-refractivity contribution >= 4 is 0 Å². The second kappa shape index (κ2) is 6.99. The van der Waals surface area contributed by atoms with Crippen molar-refractivity contribution in [3.05, 3.63) is 83.2 Å². The first-order valence-corrected chi connectivity index (χ1v) is 8.36. The predicted molar refractivity (Wildman–Crippen MR) is 93.9 cm³/mol. The highest BCUT2D eigenvalue weighted by Gasteiger charge is 2.09. The lowest BCUT2D eigenvalue weighted by Crippen LogP contribution is -2.14. The lowest BCUT2D eigenvalue weighted by atomic mass is 10.0. The molecule has 2 heterocycles. The SMILES string of the molecule is c1ccc(-n2cc(CNCc3ccc4c(c3)CCOC4)cn2)cc1. The van der Waals surface area contributed by atoms with Gasteiger partial charge in [-0.05, 0) is 35.2 Å². The quantitative estimate of drug-likeness (QED) is 0.785. The highest BCUT2D eigenvalue weighted by molar-refractivity contribution is 5.33. The molecule has 24 heavy (non-hydrogen) atoms. The highest BCUT2D eigenvalue weighted by atomic mass is 16.5. The number of hydrogen-bond acceptors (Lipinski definition) is 3. The van der Waals surface area contributed by atoms with Gasteiger partial charge in [0.05, 0.1) is 25.1 Å². The summed E-state index contributed by atoms with van der Waals surface area (Å²) in [6.07, 6.45) is 5.02.